The zero-order valence-corrected chi connectivity index (χ0v) is 13.9. The average molecular weight is 357 g/mol. The number of nitrogens with one attached hydrogen (secondary N) is 1. The van der Waals surface area contributed by atoms with Crippen LogP contribution in [-0.2, 0) is 9.59 Å². The summed E-state index contributed by atoms with van der Waals surface area (Å²) >= 11 is 7.71. The number of carboxylic acids is 2. The number of likely N-dealkylation sites (tertiary alicyclic amines) is 1. The van der Waals surface area contributed by atoms with E-state index in [4.69, 9.17) is 37.8 Å². The van der Waals surface area contributed by atoms with Gasteiger partial charge in [0.15, 0.2) is 5.97 Å². The largest absolute Gasteiger partial charge is 0.539 e. The molecule has 8 heteroatoms. The Morgan fingerprint density at radius 1 is 1.48 bits per heavy atom. The molecule has 1 aromatic rings. The van der Waals surface area contributed by atoms with Gasteiger partial charge >= 0.3 is 5.97 Å². The van der Waals surface area contributed by atoms with Gasteiger partial charge in [0.25, 0.3) is 0 Å². The summed E-state index contributed by atoms with van der Waals surface area (Å²) in [4.78, 5) is 23.9. The molecule has 2 rings (SSSR count). The normalized spacial score (nSPS) is 19.8. The van der Waals surface area contributed by atoms with Crippen LogP contribution in [0.15, 0.2) is 23.2 Å². The Balaban J connectivity index is 0.000000379. The maximum absolute atomic E-state index is 9.04. The van der Waals surface area contributed by atoms with Crippen LogP contribution in [0.5, 0.6) is 0 Å². The Morgan fingerprint density at radius 2 is 2.09 bits per heavy atom. The van der Waals surface area contributed by atoms with Gasteiger partial charge in [0.1, 0.15) is 11.7 Å². The van der Waals surface area contributed by atoms with Gasteiger partial charge in [-0.25, -0.2) is 9.78 Å². The van der Waals surface area contributed by atoms with E-state index in [-0.39, 0.29) is 0 Å². The minimum Gasteiger partial charge on any atom is -0.539 e. The van der Waals surface area contributed by atoms with Crippen LogP contribution in [0.3, 0.4) is 0 Å². The van der Waals surface area contributed by atoms with Crippen molar-refractivity contribution in [1.82, 2.24) is 4.98 Å². The average Bonchev–Trinajstić information content (AvgIpc) is 2.50. The third-order valence-electron chi connectivity index (χ3n) is 3.14. The molecule has 0 aromatic carbocycles. The number of thioether (sulfide) groups is 1. The summed E-state index contributed by atoms with van der Waals surface area (Å²) in [5, 5.41) is 18.6. The van der Waals surface area contributed by atoms with Gasteiger partial charge in [-0.15, -0.1) is 18.2 Å². The second-order valence-electron chi connectivity index (χ2n) is 4.84. The lowest BCUT2D eigenvalue weighted by Crippen LogP contribution is -3.13. The quantitative estimate of drug-likeness (QED) is 0.424. The van der Waals surface area contributed by atoms with Gasteiger partial charge in [0.2, 0.25) is 0 Å². The zero-order chi connectivity index (χ0) is 17.2. The molecular formula is C15H17ClN2O4S. The van der Waals surface area contributed by atoms with Gasteiger partial charge in [0.05, 0.1) is 18.1 Å². The number of pyridine rings is 1. The molecular weight excluding hydrogens is 340 g/mol. The van der Waals surface area contributed by atoms with E-state index in [0.29, 0.717) is 10.4 Å². The first-order valence-electron chi connectivity index (χ1n) is 6.93. The van der Waals surface area contributed by atoms with Gasteiger partial charge in [-0.3, -0.25) is 0 Å². The van der Waals surface area contributed by atoms with Crippen LogP contribution in [0.2, 0.25) is 5.15 Å². The monoisotopic (exact) mass is 356 g/mol. The molecule has 6 nitrogen and oxygen atoms in total. The molecule has 1 aliphatic rings. The van der Waals surface area contributed by atoms with Gasteiger partial charge in [-0.2, -0.15) is 0 Å². The van der Waals surface area contributed by atoms with E-state index in [2.05, 4.69) is 10.9 Å². The highest BCUT2D eigenvalue weighted by atomic mass is 35.5. The van der Waals surface area contributed by atoms with Crippen molar-refractivity contribution in [2.75, 3.05) is 19.6 Å². The number of piperidine rings is 1. The molecule has 0 saturated carbocycles. The second-order valence-corrected chi connectivity index (χ2v) is 6.55. The fourth-order valence-electron chi connectivity index (χ4n) is 2.06. The van der Waals surface area contributed by atoms with Crippen LogP contribution in [0.4, 0.5) is 0 Å². The van der Waals surface area contributed by atoms with E-state index in [1.54, 1.807) is 0 Å². The van der Waals surface area contributed by atoms with Gasteiger partial charge in [-0.1, -0.05) is 17.7 Å². The minimum absolute atomic E-state index is 0.574. The van der Waals surface area contributed by atoms with E-state index < -0.39 is 11.9 Å². The number of terminal acetylenes is 1. The standard InChI is InChI=1S/C13H15ClN2S.C2H2O4/c1-2-8-16-9-6-11(7-10-16)17-13-5-3-4-12(14)15-13;3-1(4)2(5)6/h1,3-5,11H,6-10H2;(H,3,4)(H,5,6). The molecule has 0 bridgehead atoms. The molecule has 1 aromatic heterocycles. The molecule has 1 fully saturated rings. The Labute approximate surface area is 143 Å². The van der Waals surface area contributed by atoms with Crippen molar-refractivity contribution in [3.63, 3.8) is 0 Å². The highest BCUT2D eigenvalue weighted by molar-refractivity contribution is 7.99. The molecule has 124 valence electrons. The number of carbonyl (C=O) groups excluding carboxylic acids is 1. The van der Waals surface area contributed by atoms with Gasteiger partial charge in [-0.05, 0) is 18.1 Å². The molecule has 0 spiro atoms. The summed E-state index contributed by atoms with van der Waals surface area (Å²) in [6, 6.07) is 5.79. The number of quaternary nitrogens is 1. The van der Waals surface area contributed by atoms with Crippen molar-refractivity contribution in [2.24, 2.45) is 0 Å². The number of nitrogens with zero attached hydrogens (tertiary/aromatic N) is 1. The van der Waals surface area contributed by atoms with E-state index in [0.717, 1.165) is 11.6 Å². The van der Waals surface area contributed by atoms with E-state index in [1.165, 1.54) is 30.8 Å². The number of rotatable bonds is 3. The lowest BCUT2D eigenvalue weighted by atomic mass is 10.1. The van der Waals surface area contributed by atoms with Crippen molar-refractivity contribution < 1.29 is 24.7 Å². The fraction of sp³-hybridized carbons (Fsp3) is 0.400. The minimum atomic E-state index is -2.07. The van der Waals surface area contributed by atoms with Crippen LogP contribution in [0.1, 0.15) is 12.8 Å². The third-order valence-corrected chi connectivity index (χ3v) is 4.63. The van der Waals surface area contributed by atoms with Gasteiger partial charge < -0.3 is 19.9 Å². The first-order valence-corrected chi connectivity index (χ1v) is 8.18. The van der Waals surface area contributed by atoms with E-state index >= 15 is 0 Å². The van der Waals surface area contributed by atoms with Crippen molar-refractivity contribution in [3.05, 3.63) is 23.4 Å². The molecule has 0 atom stereocenters. The summed E-state index contributed by atoms with van der Waals surface area (Å²) in [5.74, 6) is -1.27. The summed E-state index contributed by atoms with van der Waals surface area (Å²) in [6.45, 7) is 3.19. The second kappa shape index (κ2) is 10.1. The number of carboxylic acid groups (broad SMARTS) is 2. The predicted octanol–water partition coefficient (Wildman–Crippen LogP) is -0.671. The summed E-state index contributed by atoms with van der Waals surface area (Å²) in [6.07, 6.45) is 7.74. The van der Waals surface area contributed by atoms with Crippen LogP contribution >= 0.6 is 23.4 Å². The summed E-state index contributed by atoms with van der Waals surface area (Å²) in [7, 11) is 0. The van der Waals surface area contributed by atoms with Crippen molar-refractivity contribution in [1.29, 1.82) is 0 Å². The van der Waals surface area contributed by atoms with Crippen LogP contribution in [0.25, 0.3) is 0 Å². The highest BCUT2D eigenvalue weighted by Gasteiger charge is 2.22. The lowest BCUT2D eigenvalue weighted by molar-refractivity contribution is -0.897. The fourth-order valence-corrected chi connectivity index (χ4v) is 3.40. The lowest BCUT2D eigenvalue weighted by Gasteiger charge is -2.27. The number of halogens is 1. The molecule has 2 heterocycles. The summed E-state index contributed by atoms with van der Waals surface area (Å²) < 4.78 is 0. The summed E-state index contributed by atoms with van der Waals surface area (Å²) in [5.41, 5.74) is 0. The van der Waals surface area contributed by atoms with Crippen molar-refractivity contribution in [2.45, 2.75) is 23.1 Å². The van der Waals surface area contributed by atoms with E-state index in [9.17, 15) is 0 Å². The number of aliphatic carboxylic acids is 2. The number of carbonyl (C=O) groups is 2. The maximum atomic E-state index is 9.04. The number of hydrogen-bond acceptors (Lipinski definition) is 5. The molecule has 2 N–H and O–H groups in total. The number of aromatic nitrogens is 1. The first-order chi connectivity index (χ1) is 10.9. The Hall–Kier alpha value is -1.75. The van der Waals surface area contributed by atoms with E-state index in [1.807, 2.05) is 30.0 Å². The molecule has 23 heavy (non-hydrogen) atoms. The molecule has 0 amide bonds. The Kier molecular flexibility index (Phi) is 8.48. The van der Waals surface area contributed by atoms with Gasteiger partial charge in [0, 0.05) is 18.1 Å². The van der Waals surface area contributed by atoms with Crippen LogP contribution in [0, 0.1) is 12.3 Å². The molecule has 0 radical (unpaired) electrons. The zero-order valence-electron chi connectivity index (χ0n) is 12.3. The molecule has 0 unspecified atom stereocenters. The van der Waals surface area contributed by atoms with Crippen LogP contribution < -0.4 is 10.0 Å². The van der Waals surface area contributed by atoms with Crippen molar-refractivity contribution in [3.8, 4) is 12.3 Å². The Bertz CT molecular complexity index is 571. The molecule has 0 aliphatic carbocycles. The highest BCUT2D eigenvalue weighted by Crippen LogP contribution is 2.27. The smallest absolute Gasteiger partial charge is 0.351 e. The van der Waals surface area contributed by atoms with Crippen LogP contribution in [-0.4, -0.2) is 46.9 Å². The SMILES string of the molecule is C#CC[NH+]1CCC(Sc2cccc(Cl)n2)CC1.O=C([O-])C(=O)O. The maximum Gasteiger partial charge on any atom is 0.351 e. The molecule has 1 saturated heterocycles. The van der Waals surface area contributed by atoms with Crippen molar-refractivity contribution >= 4 is 35.3 Å². The Morgan fingerprint density at radius 3 is 2.57 bits per heavy atom. The topological polar surface area (TPSA) is 94.8 Å². The third kappa shape index (κ3) is 7.88. The first kappa shape index (κ1) is 19.3. The number of hydrogen-bond donors (Lipinski definition) is 2. The molecule has 1 aliphatic heterocycles. The predicted molar refractivity (Wildman–Crippen MR) is 85.2 cm³/mol.